The highest BCUT2D eigenvalue weighted by atomic mass is 16.5. The fourth-order valence-electron chi connectivity index (χ4n) is 2.21. The molecule has 0 spiro atoms. The molecule has 0 unspecified atom stereocenters. The fourth-order valence-corrected chi connectivity index (χ4v) is 2.21. The molecule has 0 aliphatic carbocycles. The highest BCUT2D eigenvalue weighted by molar-refractivity contribution is 5.92. The van der Waals surface area contributed by atoms with Gasteiger partial charge in [0.1, 0.15) is 5.75 Å². The molecule has 0 aromatic heterocycles. The van der Waals surface area contributed by atoms with Gasteiger partial charge in [-0.15, -0.1) is 0 Å². The molecule has 0 aliphatic rings. The van der Waals surface area contributed by atoms with Crippen molar-refractivity contribution in [2.24, 2.45) is 0 Å². The van der Waals surface area contributed by atoms with Gasteiger partial charge in [0.25, 0.3) is 0 Å². The van der Waals surface area contributed by atoms with Gasteiger partial charge in [-0.25, -0.2) is 4.79 Å². The number of phenols is 1. The lowest BCUT2D eigenvalue weighted by Gasteiger charge is -2.15. The number of ether oxygens (including phenoxy) is 1. The first-order valence-electron chi connectivity index (χ1n) is 7.16. The van der Waals surface area contributed by atoms with E-state index >= 15 is 0 Å². The molecule has 0 saturated heterocycles. The van der Waals surface area contributed by atoms with E-state index < -0.39 is 0 Å². The molecule has 0 fully saturated rings. The number of hydrogen-bond acceptors (Lipinski definition) is 3. The van der Waals surface area contributed by atoms with Crippen molar-refractivity contribution in [3.8, 4) is 5.75 Å². The lowest BCUT2D eigenvalue weighted by molar-refractivity contribution is 0.0503. The number of hydrogen-bond donors (Lipinski definition) is 1. The maximum absolute atomic E-state index is 12.1. The Bertz CT molecular complexity index is 424. The van der Waals surface area contributed by atoms with E-state index in [-0.39, 0.29) is 11.7 Å². The van der Waals surface area contributed by atoms with E-state index in [1.807, 2.05) is 6.92 Å². The van der Waals surface area contributed by atoms with Gasteiger partial charge in [0.2, 0.25) is 0 Å². The predicted molar refractivity (Wildman–Crippen MR) is 76.7 cm³/mol. The summed E-state index contributed by atoms with van der Waals surface area (Å²) in [6.45, 7) is 6.55. The zero-order valence-corrected chi connectivity index (χ0v) is 12.2. The lowest BCUT2D eigenvalue weighted by atomic mass is 9.93. The van der Waals surface area contributed by atoms with Gasteiger partial charge in [-0.3, -0.25) is 0 Å². The summed E-state index contributed by atoms with van der Waals surface area (Å²) >= 11 is 0. The Morgan fingerprint density at radius 1 is 1.05 bits per heavy atom. The van der Waals surface area contributed by atoms with Gasteiger partial charge in [0.15, 0.2) is 0 Å². The predicted octanol–water partition coefficient (Wildman–Crippen LogP) is 3.86. The topological polar surface area (TPSA) is 46.5 Å². The molecule has 0 saturated carbocycles. The first-order valence-corrected chi connectivity index (χ1v) is 7.16. The maximum Gasteiger partial charge on any atom is 0.338 e. The molecule has 0 heterocycles. The molecular weight excluding hydrogens is 240 g/mol. The normalized spacial score (nSPS) is 10.5. The lowest BCUT2D eigenvalue weighted by Crippen LogP contribution is -2.11. The van der Waals surface area contributed by atoms with Gasteiger partial charge in [0.05, 0.1) is 12.2 Å². The highest BCUT2D eigenvalue weighted by Crippen LogP contribution is 2.28. The molecule has 1 aromatic rings. The van der Waals surface area contributed by atoms with Crippen molar-refractivity contribution in [1.82, 2.24) is 0 Å². The largest absolute Gasteiger partial charge is 0.508 e. The molecular formula is C16H24O3. The van der Waals surface area contributed by atoms with E-state index in [0.29, 0.717) is 12.2 Å². The summed E-state index contributed by atoms with van der Waals surface area (Å²) in [6.07, 6.45) is 4.27. The summed E-state index contributed by atoms with van der Waals surface area (Å²) in [6, 6.07) is 3.28. The second kappa shape index (κ2) is 7.82. The Labute approximate surface area is 115 Å². The van der Waals surface area contributed by atoms with Gasteiger partial charge in [-0.05, 0) is 42.5 Å². The summed E-state index contributed by atoms with van der Waals surface area (Å²) in [7, 11) is 0. The van der Waals surface area contributed by atoms with Gasteiger partial charge >= 0.3 is 5.97 Å². The number of benzene rings is 1. The van der Waals surface area contributed by atoms with E-state index in [2.05, 4.69) is 13.8 Å². The Morgan fingerprint density at radius 3 is 2.26 bits per heavy atom. The molecule has 3 nitrogen and oxygen atoms in total. The summed E-state index contributed by atoms with van der Waals surface area (Å²) in [5.41, 5.74) is 2.46. The van der Waals surface area contributed by atoms with Gasteiger partial charge in [-0.2, -0.15) is 0 Å². The number of phenolic OH excluding ortho intramolecular Hbond substituents is 1. The third-order valence-corrected chi connectivity index (χ3v) is 3.06. The number of aromatic hydroxyl groups is 1. The number of esters is 1. The van der Waals surface area contributed by atoms with Crippen LogP contribution >= 0.6 is 0 Å². The van der Waals surface area contributed by atoms with Crippen molar-refractivity contribution in [1.29, 1.82) is 0 Å². The van der Waals surface area contributed by atoms with Crippen LogP contribution in [0.4, 0.5) is 0 Å². The van der Waals surface area contributed by atoms with E-state index in [1.165, 1.54) is 0 Å². The van der Waals surface area contributed by atoms with Crippen LogP contribution in [0.15, 0.2) is 12.1 Å². The van der Waals surface area contributed by atoms with E-state index in [4.69, 9.17) is 4.74 Å². The number of carbonyl (C=O) groups is 1. The van der Waals surface area contributed by atoms with Crippen molar-refractivity contribution in [3.63, 3.8) is 0 Å². The molecule has 19 heavy (non-hydrogen) atoms. The molecule has 0 radical (unpaired) electrons. The van der Waals surface area contributed by atoms with Crippen LogP contribution in [-0.2, 0) is 17.6 Å². The molecule has 3 heteroatoms. The second-order valence-corrected chi connectivity index (χ2v) is 4.73. The van der Waals surface area contributed by atoms with Crippen LogP contribution in [0.1, 0.15) is 61.5 Å². The van der Waals surface area contributed by atoms with Crippen LogP contribution in [0.2, 0.25) is 0 Å². The van der Waals surface area contributed by atoms with Crippen molar-refractivity contribution in [2.75, 3.05) is 6.61 Å². The zero-order valence-electron chi connectivity index (χ0n) is 12.2. The molecule has 106 valence electrons. The van der Waals surface area contributed by atoms with E-state index in [9.17, 15) is 9.90 Å². The molecule has 1 rings (SSSR count). The Hall–Kier alpha value is -1.51. The first-order chi connectivity index (χ1) is 9.15. The first kappa shape index (κ1) is 15.5. The highest BCUT2D eigenvalue weighted by Gasteiger charge is 2.17. The van der Waals surface area contributed by atoms with Crippen molar-refractivity contribution < 1.29 is 14.6 Å². The van der Waals surface area contributed by atoms with Crippen LogP contribution in [0, 0.1) is 0 Å². The van der Waals surface area contributed by atoms with Crippen LogP contribution in [0.5, 0.6) is 5.75 Å². The summed E-state index contributed by atoms with van der Waals surface area (Å²) in [5, 5.41) is 9.98. The van der Waals surface area contributed by atoms with Crippen LogP contribution in [0.25, 0.3) is 0 Å². The number of carbonyl (C=O) groups excluding carboxylic acids is 1. The third kappa shape index (κ3) is 3.98. The number of rotatable bonds is 7. The summed E-state index contributed by atoms with van der Waals surface area (Å²) < 4.78 is 5.22. The molecule has 0 amide bonds. The fraction of sp³-hybridized carbons (Fsp3) is 0.562. The summed E-state index contributed by atoms with van der Waals surface area (Å²) in [4.78, 5) is 12.1. The quantitative estimate of drug-likeness (QED) is 0.760. The summed E-state index contributed by atoms with van der Waals surface area (Å²) in [5.74, 6) is 0.0139. The van der Waals surface area contributed by atoms with Crippen molar-refractivity contribution >= 4 is 5.97 Å². The van der Waals surface area contributed by atoms with E-state index in [1.54, 1.807) is 12.1 Å². The molecule has 0 atom stereocenters. The standard InChI is InChI=1S/C16H24O3/c1-4-7-12-13(8-5-2)15(17)10-9-14(12)16(18)19-11-6-3/h9-10,17H,4-8,11H2,1-3H3. The van der Waals surface area contributed by atoms with Gasteiger partial charge < -0.3 is 9.84 Å². The smallest absolute Gasteiger partial charge is 0.338 e. The SMILES string of the molecule is CCCOC(=O)c1ccc(O)c(CCC)c1CCC. The van der Waals surface area contributed by atoms with Crippen LogP contribution < -0.4 is 0 Å². The minimum absolute atomic E-state index is 0.275. The molecule has 1 aromatic carbocycles. The van der Waals surface area contributed by atoms with Crippen molar-refractivity contribution in [2.45, 2.75) is 52.9 Å². The zero-order chi connectivity index (χ0) is 14.3. The Kier molecular flexibility index (Phi) is 6.40. The van der Waals surface area contributed by atoms with Crippen molar-refractivity contribution in [3.05, 3.63) is 28.8 Å². The molecule has 0 aliphatic heterocycles. The van der Waals surface area contributed by atoms with Crippen LogP contribution in [-0.4, -0.2) is 17.7 Å². The molecule has 0 bridgehead atoms. The minimum Gasteiger partial charge on any atom is -0.508 e. The minimum atomic E-state index is -0.275. The maximum atomic E-state index is 12.1. The Morgan fingerprint density at radius 2 is 1.68 bits per heavy atom. The third-order valence-electron chi connectivity index (χ3n) is 3.06. The molecule has 1 N–H and O–H groups in total. The van der Waals surface area contributed by atoms with Gasteiger partial charge in [-0.1, -0.05) is 33.6 Å². The second-order valence-electron chi connectivity index (χ2n) is 4.73. The van der Waals surface area contributed by atoms with Gasteiger partial charge in [0, 0.05) is 0 Å². The average Bonchev–Trinajstić information content (AvgIpc) is 2.40. The van der Waals surface area contributed by atoms with E-state index in [0.717, 1.165) is 43.2 Å². The van der Waals surface area contributed by atoms with Crippen LogP contribution in [0.3, 0.4) is 0 Å². The monoisotopic (exact) mass is 264 g/mol. The average molecular weight is 264 g/mol. The Balaban J connectivity index is 3.15.